The van der Waals surface area contributed by atoms with Gasteiger partial charge in [0.1, 0.15) is 12.1 Å². The van der Waals surface area contributed by atoms with E-state index in [1.165, 1.54) is 0 Å². The zero-order chi connectivity index (χ0) is 16.3. The maximum absolute atomic E-state index is 12.4. The molecule has 6 nitrogen and oxygen atoms in total. The molecule has 0 saturated carbocycles. The highest BCUT2D eigenvalue weighted by Gasteiger charge is 2.49. The quantitative estimate of drug-likeness (QED) is 0.817. The van der Waals surface area contributed by atoms with Crippen LogP contribution in [-0.2, 0) is 9.59 Å². The van der Waals surface area contributed by atoms with E-state index in [-0.39, 0.29) is 12.5 Å². The predicted octanol–water partition coefficient (Wildman–Crippen LogP) is 2.39. The van der Waals surface area contributed by atoms with Crippen LogP contribution in [0.2, 0.25) is 5.02 Å². The molecule has 1 fully saturated rings. The summed E-state index contributed by atoms with van der Waals surface area (Å²) in [6.45, 7) is 3.35. The van der Waals surface area contributed by atoms with Crippen molar-refractivity contribution >= 4 is 35.1 Å². The minimum Gasteiger partial charge on any atom is -0.325 e. The van der Waals surface area contributed by atoms with Gasteiger partial charge in [-0.3, -0.25) is 14.5 Å². The molecule has 2 rings (SSSR count). The van der Waals surface area contributed by atoms with Crippen molar-refractivity contribution in [1.82, 2.24) is 10.2 Å². The number of hydrogen-bond acceptors (Lipinski definition) is 3. The minimum absolute atomic E-state index is 0.310. The van der Waals surface area contributed by atoms with Crippen molar-refractivity contribution in [1.29, 1.82) is 0 Å². The molecule has 0 atom stereocenters. The number of carbonyl (C=O) groups is 3. The molecule has 0 aromatic heterocycles. The van der Waals surface area contributed by atoms with Crippen molar-refractivity contribution in [3.05, 3.63) is 29.3 Å². The molecular formula is C15H18ClN3O3. The largest absolute Gasteiger partial charge is 0.325 e. The third kappa shape index (κ3) is 3.06. The van der Waals surface area contributed by atoms with Gasteiger partial charge in [0.2, 0.25) is 5.91 Å². The zero-order valence-electron chi connectivity index (χ0n) is 12.5. The average molecular weight is 324 g/mol. The Bertz CT molecular complexity index is 597. The number of amides is 4. The first-order chi connectivity index (χ1) is 10.4. The van der Waals surface area contributed by atoms with Crippen LogP contribution in [0.4, 0.5) is 10.5 Å². The van der Waals surface area contributed by atoms with Gasteiger partial charge in [0.15, 0.2) is 0 Å². The number of nitrogens with one attached hydrogen (secondary N) is 2. The van der Waals surface area contributed by atoms with Gasteiger partial charge < -0.3 is 10.6 Å². The van der Waals surface area contributed by atoms with E-state index in [1.807, 2.05) is 13.8 Å². The maximum Gasteiger partial charge on any atom is 0.325 e. The Morgan fingerprint density at radius 1 is 1.23 bits per heavy atom. The number of benzene rings is 1. The summed E-state index contributed by atoms with van der Waals surface area (Å²) in [5, 5.41) is 5.87. The van der Waals surface area contributed by atoms with E-state index in [9.17, 15) is 14.4 Å². The van der Waals surface area contributed by atoms with Crippen molar-refractivity contribution in [2.24, 2.45) is 0 Å². The summed E-state index contributed by atoms with van der Waals surface area (Å²) in [7, 11) is 0. The Hall–Kier alpha value is -2.08. The van der Waals surface area contributed by atoms with Crippen molar-refractivity contribution < 1.29 is 14.4 Å². The summed E-state index contributed by atoms with van der Waals surface area (Å²) in [6.07, 6.45) is 0.979. The standard InChI is InChI=1S/C15H18ClN3O3/c1-3-15(4-2)13(21)19(14(22)18-15)9-12(20)17-11-7-5-10(16)6-8-11/h5-8H,3-4,9H2,1-2H3,(H,17,20)(H,18,22). The van der Waals surface area contributed by atoms with Gasteiger partial charge in [-0.05, 0) is 37.1 Å². The zero-order valence-corrected chi connectivity index (χ0v) is 13.2. The molecule has 22 heavy (non-hydrogen) atoms. The third-order valence-corrected chi connectivity index (χ3v) is 4.13. The van der Waals surface area contributed by atoms with Crippen LogP contribution in [-0.4, -0.2) is 34.8 Å². The highest BCUT2D eigenvalue weighted by atomic mass is 35.5. The third-order valence-electron chi connectivity index (χ3n) is 3.88. The first kappa shape index (κ1) is 16.3. The lowest BCUT2D eigenvalue weighted by Crippen LogP contribution is -2.46. The first-order valence-corrected chi connectivity index (χ1v) is 7.49. The van der Waals surface area contributed by atoms with E-state index in [0.29, 0.717) is 23.6 Å². The van der Waals surface area contributed by atoms with Crippen molar-refractivity contribution in [3.8, 4) is 0 Å². The Morgan fingerprint density at radius 3 is 2.32 bits per heavy atom. The summed E-state index contributed by atoms with van der Waals surface area (Å²) in [5.74, 6) is -0.789. The van der Waals surface area contributed by atoms with Crippen LogP contribution in [0, 0.1) is 0 Å². The van der Waals surface area contributed by atoms with Gasteiger partial charge in [-0.2, -0.15) is 0 Å². The fraction of sp³-hybridized carbons (Fsp3) is 0.400. The van der Waals surface area contributed by atoms with Gasteiger partial charge in [0.25, 0.3) is 5.91 Å². The fourth-order valence-electron chi connectivity index (χ4n) is 2.43. The monoisotopic (exact) mass is 323 g/mol. The van der Waals surface area contributed by atoms with Crippen LogP contribution in [0.25, 0.3) is 0 Å². The molecule has 2 N–H and O–H groups in total. The molecule has 7 heteroatoms. The smallest absolute Gasteiger partial charge is 0.325 e. The van der Waals surface area contributed by atoms with Gasteiger partial charge in [-0.1, -0.05) is 25.4 Å². The van der Waals surface area contributed by atoms with Crippen LogP contribution in [0.5, 0.6) is 0 Å². The van der Waals surface area contributed by atoms with E-state index in [1.54, 1.807) is 24.3 Å². The molecule has 0 aliphatic carbocycles. The van der Waals surface area contributed by atoms with Crippen molar-refractivity contribution in [3.63, 3.8) is 0 Å². The highest BCUT2D eigenvalue weighted by Crippen LogP contribution is 2.24. The van der Waals surface area contributed by atoms with E-state index < -0.39 is 17.5 Å². The number of carbonyl (C=O) groups excluding carboxylic acids is 3. The Balaban J connectivity index is 2.04. The van der Waals surface area contributed by atoms with Crippen LogP contribution < -0.4 is 10.6 Å². The summed E-state index contributed by atoms with van der Waals surface area (Å²) < 4.78 is 0. The van der Waals surface area contributed by atoms with Crippen molar-refractivity contribution in [2.45, 2.75) is 32.2 Å². The lowest BCUT2D eigenvalue weighted by atomic mass is 9.93. The number of rotatable bonds is 5. The van der Waals surface area contributed by atoms with E-state index in [4.69, 9.17) is 11.6 Å². The van der Waals surface area contributed by atoms with Gasteiger partial charge in [0, 0.05) is 10.7 Å². The number of nitrogens with zero attached hydrogens (tertiary/aromatic N) is 1. The van der Waals surface area contributed by atoms with Gasteiger partial charge >= 0.3 is 6.03 Å². The number of hydrogen-bond donors (Lipinski definition) is 2. The number of halogens is 1. The minimum atomic E-state index is -0.891. The molecule has 1 aromatic carbocycles. The summed E-state index contributed by atoms with van der Waals surface area (Å²) in [6, 6.07) is 6.05. The SMILES string of the molecule is CCC1(CC)NC(=O)N(CC(=O)Nc2ccc(Cl)cc2)C1=O. The Kier molecular flexibility index (Phi) is 4.71. The van der Waals surface area contributed by atoms with Gasteiger partial charge in [-0.15, -0.1) is 0 Å². The van der Waals surface area contributed by atoms with Crippen LogP contribution in [0.1, 0.15) is 26.7 Å². The lowest BCUT2D eigenvalue weighted by molar-refractivity contribution is -0.134. The molecule has 118 valence electrons. The van der Waals surface area contributed by atoms with Crippen LogP contribution >= 0.6 is 11.6 Å². The van der Waals surface area contributed by atoms with Crippen molar-refractivity contribution in [2.75, 3.05) is 11.9 Å². The van der Waals surface area contributed by atoms with E-state index >= 15 is 0 Å². The second-order valence-corrected chi connectivity index (χ2v) is 5.60. The van der Waals surface area contributed by atoms with Gasteiger partial charge in [0.05, 0.1) is 0 Å². The van der Waals surface area contributed by atoms with Gasteiger partial charge in [-0.25, -0.2) is 4.79 Å². The van der Waals surface area contributed by atoms with Crippen LogP contribution in [0.3, 0.4) is 0 Å². The molecule has 1 saturated heterocycles. The Morgan fingerprint density at radius 2 is 1.82 bits per heavy atom. The molecule has 1 heterocycles. The topological polar surface area (TPSA) is 78.5 Å². The summed E-state index contributed by atoms with van der Waals surface area (Å²) >= 11 is 5.77. The Labute approximate surface area is 133 Å². The molecule has 0 bridgehead atoms. The molecule has 0 spiro atoms. The normalized spacial score (nSPS) is 16.6. The van der Waals surface area contributed by atoms with E-state index in [2.05, 4.69) is 10.6 Å². The molecule has 0 unspecified atom stereocenters. The highest BCUT2D eigenvalue weighted by molar-refractivity contribution is 6.30. The second kappa shape index (κ2) is 6.36. The number of imide groups is 1. The molecule has 4 amide bonds. The summed E-state index contributed by atoms with van der Waals surface area (Å²) in [4.78, 5) is 37.3. The van der Waals surface area contributed by atoms with Crippen LogP contribution in [0.15, 0.2) is 24.3 Å². The number of urea groups is 1. The molecular weight excluding hydrogens is 306 g/mol. The molecule has 1 aromatic rings. The first-order valence-electron chi connectivity index (χ1n) is 7.11. The van der Waals surface area contributed by atoms with E-state index in [0.717, 1.165) is 4.90 Å². The summed E-state index contributed by atoms with van der Waals surface area (Å²) in [5.41, 5.74) is -0.337. The average Bonchev–Trinajstić information content (AvgIpc) is 2.74. The second-order valence-electron chi connectivity index (χ2n) is 5.17. The predicted molar refractivity (Wildman–Crippen MR) is 83.6 cm³/mol. The molecule has 0 radical (unpaired) electrons. The molecule has 1 aliphatic rings. The molecule has 1 aliphatic heterocycles. The number of anilines is 1. The maximum atomic E-state index is 12.4. The fourth-order valence-corrected chi connectivity index (χ4v) is 2.55. The lowest BCUT2D eigenvalue weighted by Gasteiger charge is -2.23.